The summed E-state index contributed by atoms with van der Waals surface area (Å²) in [4.78, 5) is 19.4. The molecule has 1 aromatic rings. The number of nitrogens with zero attached hydrogens (tertiary/aromatic N) is 2. The Kier molecular flexibility index (Phi) is 5.17. The van der Waals surface area contributed by atoms with E-state index in [-0.39, 0.29) is 5.69 Å². The summed E-state index contributed by atoms with van der Waals surface area (Å²) in [6.45, 7) is 2.45. The van der Waals surface area contributed by atoms with Crippen molar-refractivity contribution in [2.45, 2.75) is 19.8 Å². The van der Waals surface area contributed by atoms with Crippen molar-refractivity contribution in [3.63, 3.8) is 0 Å². The van der Waals surface area contributed by atoms with Crippen molar-refractivity contribution in [2.24, 2.45) is 0 Å². The molecule has 0 atom stereocenters. The van der Waals surface area contributed by atoms with Crippen molar-refractivity contribution < 1.29 is 9.53 Å². The van der Waals surface area contributed by atoms with Crippen LogP contribution in [0.2, 0.25) is 0 Å². The number of rotatable bonds is 4. The summed E-state index contributed by atoms with van der Waals surface area (Å²) in [5, 5.41) is 0. The van der Waals surface area contributed by atoms with Crippen LogP contribution in [0.15, 0.2) is 15.4 Å². The van der Waals surface area contributed by atoms with Crippen molar-refractivity contribution >= 4 is 37.8 Å². The van der Waals surface area contributed by atoms with E-state index in [0.717, 1.165) is 12.8 Å². The maximum atomic E-state index is 11.5. The third-order valence-electron chi connectivity index (χ3n) is 1.62. The minimum absolute atomic E-state index is 0.203. The molecule has 4 nitrogen and oxygen atoms in total. The Bertz CT molecular complexity index is 358. The van der Waals surface area contributed by atoms with Crippen molar-refractivity contribution in [2.75, 3.05) is 6.61 Å². The van der Waals surface area contributed by atoms with E-state index in [9.17, 15) is 4.79 Å². The average molecular weight is 338 g/mol. The molecule has 0 saturated heterocycles. The number of carbonyl (C=O) groups excluding carboxylic acids is 1. The Balaban J connectivity index is 2.65. The molecule has 0 amide bonds. The Morgan fingerprint density at radius 3 is 2.87 bits per heavy atom. The van der Waals surface area contributed by atoms with E-state index >= 15 is 0 Å². The molecule has 0 N–H and O–H groups in total. The number of esters is 1. The van der Waals surface area contributed by atoms with E-state index in [4.69, 9.17) is 4.74 Å². The first-order valence-electron chi connectivity index (χ1n) is 4.50. The van der Waals surface area contributed by atoms with Crippen molar-refractivity contribution in [1.82, 2.24) is 9.97 Å². The molecule has 0 fully saturated rings. The number of carbonyl (C=O) groups is 1. The van der Waals surface area contributed by atoms with Gasteiger partial charge in [-0.05, 0) is 38.3 Å². The molecule has 6 heteroatoms. The second-order valence-electron chi connectivity index (χ2n) is 2.82. The van der Waals surface area contributed by atoms with Crippen LogP contribution in [0.5, 0.6) is 0 Å². The highest BCUT2D eigenvalue weighted by Gasteiger charge is 2.14. The molecular formula is C9H10Br2N2O2. The van der Waals surface area contributed by atoms with Gasteiger partial charge in [-0.25, -0.2) is 14.8 Å². The van der Waals surface area contributed by atoms with Crippen molar-refractivity contribution in [3.8, 4) is 0 Å². The summed E-state index contributed by atoms with van der Waals surface area (Å²) in [5.41, 5.74) is 0.203. The summed E-state index contributed by atoms with van der Waals surface area (Å²) >= 11 is 6.31. The van der Waals surface area contributed by atoms with Gasteiger partial charge in [-0.3, -0.25) is 0 Å². The van der Waals surface area contributed by atoms with Gasteiger partial charge in [-0.15, -0.1) is 0 Å². The summed E-state index contributed by atoms with van der Waals surface area (Å²) in [5.74, 6) is -0.449. The highest BCUT2D eigenvalue weighted by Crippen LogP contribution is 2.15. The molecule has 0 aromatic carbocycles. The molecule has 0 aliphatic heterocycles. The molecule has 0 spiro atoms. The van der Waals surface area contributed by atoms with Gasteiger partial charge in [0.05, 0.1) is 12.8 Å². The number of halogens is 2. The fraction of sp³-hybridized carbons (Fsp3) is 0.444. The summed E-state index contributed by atoms with van der Waals surface area (Å²) in [7, 11) is 0. The molecule has 0 saturated carbocycles. The van der Waals surface area contributed by atoms with Crippen LogP contribution in [0.1, 0.15) is 30.3 Å². The quantitative estimate of drug-likeness (QED) is 0.626. The smallest absolute Gasteiger partial charge is 0.359 e. The third kappa shape index (κ3) is 3.87. The Morgan fingerprint density at radius 2 is 2.27 bits per heavy atom. The van der Waals surface area contributed by atoms with E-state index in [1.165, 1.54) is 6.20 Å². The minimum Gasteiger partial charge on any atom is -0.461 e. The molecule has 0 unspecified atom stereocenters. The van der Waals surface area contributed by atoms with E-state index < -0.39 is 5.97 Å². The zero-order valence-corrected chi connectivity index (χ0v) is 11.3. The highest BCUT2D eigenvalue weighted by molar-refractivity contribution is 9.11. The fourth-order valence-corrected chi connectivity index (χ4v) is 1.83. The molecular weight excluding hydrogens is 328 g/mol. The number of ether oxygens (including phenoxy) is 1. The van der Waals surface area contributed by atoms with Gasteiger partial charge in [0, 0.05) is 0 Å². The number of hydrogen-bond donors (Lipinski definition) is 0. The lowest BCUT2D eigenvalue weighted by molar-refractivity contribution is 0.0491. The molecule has 0 aliphatic rings. The van der Waals surface area contributed by atoms with Crippen LogP contribution in [-0.4, -0.2) is 22.5 Å². The Hall–Kier alpha value is -0.490. The first kappa shape index (κ1) is 12.6. The van der Waals surface area contributed by atoms with E-state index in [2.05, 4.69) is 41.8 Å². The predicted octanol–water partition coefficient (Wildman–Crippen LogP) is 2.96. The lowest BCUT2D eigenvalue weighted by Gasteiger charge is -2.04. The molecule has 1 heterocycles. The van der Waals surface area contributed by atoms with Crippen LogP contribution in [0, 0.1) is 0 Å². The molecule has 1 rings (SSSR count). The zero-order valence-electron chi connectivity index (χ0n) is 8.17. The highest BCUT2D eigenvalue weighted by atomic mass is 79.9. The molecule has 0 aliphatic carbocycles. The van der Waals surface area contributed by atoms with Crippen molar-refractivity contribution in [1.29, 1.82) is 0 Å². The van der Waals surface area contributed by atoms with Gasteiger partial charge in [0.15, 0.2) is 5.69 Å². The zero-order chi connectivity index (χ0) is 11.3. The Morgan fingerprint density at radius 1 is 1.53 bits per heavy atom. The van der Waals surface area contributed by atoms with Crippen LogP contribution in [-0.2, 0) is 4.74 Å². The fourth-order valence-electron chi connectivity index (χ4n) is 0.861. The summed E-state index contributed by atoms with van der Waals surface area (Å²) in [6, 6.07) is 0. The first-order valence-corrected chi connectivity index (χ1v) is 6.09. The maximum absolute atomic E-state index is 11.5. The van der Waals surface area contributed by atoms with Gasteiger partial charge < -0.3 is 4.74 Å². The van der Waals surface area contributed by atoms with Gasteiger partial charge >= 0.3 is 5.97 Å². The van der Waals surface area contributed by atoms with E-state index in [1.807, 2.05) is 6.92 Å². The van der Waals surface area contributed by atoms with Gasteiger partial charge in [-0.2, -0.15) is 0 Å². The minimum atomic E-state index is -0.449. The number of unbranched alkanes of at least 4 members (excludes halogenated alkanes) is 1. The second kappa shape index (κ2) is 6.17. The molecule has 15 heavy (non-hydrogen) atoms. The van der Waals surface area contributed by atoms with Gasteiger partial charge in [0.25, 0.3) is 0 Å². The van der Waals surface area contributed by atoms with Gasteiger partial charge in [0.1, 0.15) is 9.21 Å². The number of hydrogen-bond acceptors (Lipinski definition) is 4. The molecule has 0 radical (unpaired) electrons. The van der Waals surface area contributed by atoms with Crippen LogP contribution in [0.3, 0.4) is 0 Å². The van der Waals surface area contributed by atoms with Gasteiger partial charge in [0.2, 0.25) is 0 Å². The largest absolute Gasteiger partial charge is 0.461 e. The second-order valence-corrected chi connectivity index (χ2v) is 4.39. The molecule has 82 valence electrons. The third-order valence-corrected chi connectivity index (χ3v) is 2.56. The number of aromatic nitrogens is 2. The summed E-state index contributed by atoms with van der Waals surface area (Å²) < 4.78 is 5.96. The van der Waals surface area contributed by atoms with Crippen LogP contribution < -0.4 is 0 Å². The van der Waals surface area contributed by atoms with E-state index in [1.54, 1.807) is 0 Å². The standard InChI is InChI=1S/C9H10Br2N2O2/c1-2-3-4-15-9(14)7-8(11)13-6(10)5-12-7/h5H,2-4H2,1H3. The average Bonchev–Trinajstić information content (AvgIpc) is 2.17. The SMILES string of the molecule is CCCCOC(=O)c1ncc(Br)nc1Br. The molecule has 0 bridgehead atoms. The van der Waals surface area contributed by atoms with E-state index in [0.29, 0.717) is 15.8 Å². The maximum Gasteiger partial charge on any atom is 0.359 e. The van der Waals surface area contributed by atoms with Crippen LogP contribution in [0.4, 0.5) is 0 Å². The Labute approximate surface area is 105 Å². The van der Waals surface area contributed by atoms with Gasteiger partial charge in [-0.1, -0.05) is 13.3 Å². The van der Waals surface area contributed by atoms with Crippen LogP contribution >= 0.6 is 31.9 Å². The van der Waals surface area contributed by atoms with Crippen LogP contribution in [0.25, 0.3) is 0 Å². The first-order chi connectivity index (χ1) is 7.15. The van der Waals surface area contributed by atoms with Crippen molar-refractivity contribution in [3.05, 3.63) is 21.1 Å². The molecule has 1 aromatic heterocycles. The lowest BCUT2D eigenvalue weighted by Crippen LogP contribution is -2.10. The monoisotopic (exact) mass is 336 g/mol. The predicted molar refractivity (Wildman–Crippen MR) is 62.6 cm³/mol. The summed E-state index contributed by atoms with van der Waals surface area (Å²) in [6.07, 6.45) is 3.30. The topological polar surface area (TPSA) is 52.1 Å². The lowest BCUT2D eigenvalue weighted by atomic mass is 10.4. The normalized spacial score (nSPS) is 10.1.